The van der Waals surface area contributed by atoms with E-state index in [0.717, 1.165) is 51.6 Å². The number of thiophene rings is 1. The predicted octanol–water partition coefficient (Wildman–Crippen LogP) is 1.71. The maximum atomic E-state index is 4.31. The van der Waals surface area contributed by atoms with E-state index in [1.165, 1.54) is 4.88 Å². The molecule has 0 amide bonds. The number of hydrogen-bond donors (Lipinski definition) is 2. The van der Waals surface area contributed by atoms with Gasteiger partial charge in [0.2, 0.25) is 0 Å². The Morgan fingerprint density at radius 2 is 2.04 bits per heavy atom. The summed E-state index contributed by atoms with van der Waals surface area (Å²) in [7, 11) is 4.03. The van der Waals surface area contributed by atoms with Crippen LogP contribution in [0.1, 0.15) is 11.8 Å². The molecule has 0 spiro atoms. The van der Waals surface area contributed by atoms with Gasteiger partial charge in [-0.3, -0.25) is 9.89 Å². The lowest BCUT2D eigenvalue weighted by Crippen LogP contribution is -2.52. The first-order valence-electron chi connectivity index (χ1n) is 8.08. The number of aliphatic imine (C=N–C) groups is 1. The van der Waals surface area contributed by atoms with Crippen LogP contribution in [0.3, 0.4) is 0 Å². The molecule has 1 fully saturated rings. The first kappa shape index (κ1) is 20.7. The van der Waals surface area contributed by atoms with E-state index in [4.69, 9.17) is 0 Å². The van der Waals surface area contributed by atoms with E-state index in [1.54, 1.807) is 0 Å². The topological polar surface area (TPSA) is 42.9 Å². The molecule has 5 nitrogen and oxygen atoms in total. The van der Waals surface area contributed by atoms with E-state index in [2.05, 4.69) is 56.9 Å². The van der Waals surface area contributed by atoms with E-state index < -0.39 is 0 Å². The third-order valence-electron chi connectivity index (χ3n) is 4.19. The van der Waals surface area contributed by atoms with Gasteiger partial charge in [-0.1, -0.05) is 6.07 Å². The lowest BCUT2D eigenvalue weighted by molar-refractivity contribution is 0.120. The standard InChI is InChI=1S/C16H29N5S.HI/c1-14(21-10-8-20(3)9-11-21)13-19-16(17-2)18-7-6-15-5-4-12-22-15;/h4-5,12,14H,6-11,13H2,1-3H3,(H2,17,18,19);1H. The second kappa shape index (κ2) is 11.2. The van der Waals surface area contributed by atoms with Gasteiger partial charge in [-0.25, -0.2) is 0 Å². The maximum absolute atomic E-state index is 4.31. The molecular formula is C16H30IN5S. The molecule has 0 saturated carbocycles. The van der Waals surface area contributed by atoms with E-state index in [1.807, 2.05) is 18.4 Å². The highest BCUT2D eigenvalue weighted by Crippen LogP contribution is 2.08. The third-order valence-corrected chi connectivity index (χ3v) is 5.13. The molecule has 2 rings (SSSR count). The third kappa shape index (κ3) is 7.36. The Morgan fingerprint density at radius 1 is 1.30 bits per heavy atom. The second-order valence-electron chi connectivity index (χ2n) is 5.90. The Hall–Kier alpha value is -0.380. The smallest absolute Gasteiger partial charge is 0.191 e. The van der Waals surface area contributed by atoms with Gasteiger partial charge < -0.3 is 15.5 Å². The molecule has 1 aliphatic heterocycles. The highest BCUT2D eigenvalue weighted by atomic mass is 127. The van der Waals surface area contributed by atoms with Gasteiger partial charge in [-0.2, -0.15) is 0 Å². The summed E-state index contributed by atoms with van der Waals surface area (Å²) in [4.78, 5) is 10.7. The van der Waals surface area contributed by atoms with Crippen molar-refractivity contribution in [1.82, 2.24) is 20.4 Å². The highest BCUT2D eigenvalue weighted by molar-refractivity contribution is 14.0. The van der Waals surface area contributed by atoms with Crippen molar-refractivity contribution < 1.29 is 0 Å². The average molecular weight is 451 g/mol. The molecular weight excluding hydrogens is 421 g/mol. The van der Waals surface area contributed by atoms with Crippen LogP contribution in [0.5, 0.6) is 0 Å². The Kier molecular flexibility index (Phi) is 10.1. The van der Waals surface area contributed by atoms with Gasteiger partial charge in [-0.05, 0) is 31.8 Å². The van der Waals surface area contributed by atoms with Crippen molar-refractivity contribution >= 4 is 41.3 Å². The summed E-state index contributed by atoms with van der Waals surface area (Å²) in [6.07, 6.45) is 1.05. The Morgan fingerprint density at radius 3 is 2.65 bits per heavy atom. The summed E-state index contributed by atoms with van der Waals surface area (Å²) in [5, 5.41) is 8.96. The van der Waals surface area contributed by atoms with Gasteiger partial charge in [0.25, 0.3) is 0 Å². The molecule has 2 heterocycles. The van der Waals surface area contributed by atoms with E-state index in [9.17, 15) is 0 Å². The molecule has 1 unspecified atom stereocenters. The average Bonchev–Trinajstić information content (AvgIpc) is 3.04. The molecule has 23 heavy (non-hydrogen) atoms. The van der Waals surface area contributed by atoms with E-state index in [0.29, 0.717) is 6.04 Å². The summed E-state index contributed by atoms with van der Waals surface area (Å²) in [6.45, 7) is 8.78. The molecule has 0 bridgehead atoms. The number of piperazine rings is 1. The van der Waals surface area contributed by atoms with Crippen LogP contribution in [-0.4, -0.2) is 75.2 Å². The van der Waals surface area contributed by atoms with Crippen molar-refractivity contribution in [3.63, 3.8) is 0 Å². The molecule has 1 aromatic heterocycles. The monoisotopic (exact) mass is 451 g/mol. The SMILES string of the molecule is CN=C(NCCc1cccs1)NCC(C)N1CCN(C)CC1.I. The molecule has 1 atom stereocenters. The van der Waals surface area contributed by atoms with E-state index >= 15 is 0 Å². The maximum Gasteiger partial charge on any atom is 0.191 e. The fourth-order valence-corrected chi connectivity index (χ4v) is 3.32. The van der Waals surface area contributed by atoms with Crippen LogP contribution in [0.2, 0.25) is 0 Å². The number of likely N-dealkylation sites (N-methyl/N-ethyl adjacent to an activating group) is 1. The summed E-state index contributed by atoms with van der Waals surface area (Å²) < 4.78 is 0. The molecule has 1 aliphatic rings. The van der Waals surface area contributed by atoms with Crippen LogP contribution in [-0.2, 0) is 6.42 Å². The van der Waals surface area contributed by atoms with Crippen LogP contribution in [0, 0.1) is 0 Å². The van der Waals surface area contributed by atoms with Crippen LogP contribution >= 0.6 is 35.3 Å². The first-order valence-corrected chi connectivity index (χ1v) is 8.96. The van der Waals surface area contributed by atoms with Crippen LogP contribution in [0.25, 0.3) is 0 Å². The molecule has 0 aromatic carbocycles. The zero-order valence-corrected chi connectivity index (χ0v) is 17.6. The zero-order chi connectivity index (χ0) is 15.8. The van der Waals surface area contributed by atoms with Gasteiger partial charge in [0.05, 0.1) is 0 Å². The summed E-state index contributed by atoms with van der Waals surface area (Å²) in [5.74, 6) is 0.900. The number of guanidine groups is 1. The number of nitrogens with zero attached hydrogens (tertiary/aromatic N) is 3. The largest absolute Gasteiger partial charge is 0.356 e. The minimum atomic E-state index is 0. The molecule has 1 saturated heterocycles. The van der Waals surface area contributed by atoms with Gasteiger partial charge in [0, 0.05) is 57.2 Å². The minimum absolute atomic E-state index is 0. The molecule has 1 aromatic rings. The van der Waals surface area contributed by atoms with Crippen molar-refractivity contribution in [2.24, 2.45) is 4.99 Å². The van der Waals surface area contributed by atoms with E-state index in [-0.39, 0.29) is 24.0 Å². The van der Waals surface area contributed by atoms with Gasteiger partial charge in [0.1, 0.15) is 0 Å². The molecule has 0 aliphatic carbocycles. The lowest BCUT2D eigenvalue weighted by Gasteiger charge is -2.36. The second-order valence-corrected chi connectivity index (χ2v) is 6.93. The minimum Gasteiger partial charge on any atom is -0.356 e. The highest BCUT2D eigenvalue weighted by Gasteiger charge is 2.18. The molecule has 7 heteroatoms. The van der Waals surface area contributed by atoms with Crippen molar-refractivity contribution in [1.29, 1.82) is 0 Å². The van der Waals surface area contributed by atoms with Crippen LogP contribution in [0.4, 0.5) is 0 Å². The molecule has 0 radical (unpaired) electrons. The summed E-state index contributed by atoms with van der Waals surface area (Å²) in [5.41, 5.74) is 0. The van der Waals surface area contributed by atoms with Crippen molar-refractivity contribution in [3.05, 3.63) is 22.4 Å². The van der Waals surface area contributed by atoms with Crippen molar-refractivity contribution in [2.75, 3.05) is 53.4 Å². The number of rotatable bonds is 6. The molecule has 132 valence electrons. The van der Waals surface area contributed by atoms with Crippen molar-refractivity contribution in [2.45, 2.75) is 19.4 Å². The summed E-state index contributed by atoms with van der Waals surface area (Å²) in [6, 6.07) is 4.81. The number of hydrogen-bond acceptors (Lipinski definition) is 4. The van der Waals surface area contributed by atoms with Crippen LogP contribution in [0.15, 0.2) is 22.5 Å². The van der Waals surface area contributed by atoms with Gasteiger partial charge in [0.15, 0.2) is 5.96 Å². The Balaban J connectivity index is 0.00000264. The zero-order valence-electron chi connectivity index (χ0n) is 14.4. The fraction of sp³-hybridized carbons (Fsp3) is 0.688. The number of halogens is 1. The normalized spacial score (nSPS) is 18.3. The fourth-order valence-electron chi connectivity index (χ4n) is 2.62. The Labute approximate surface area is 161 Å². The first-order chi connectivity index (χ1) is 10.7. The van der Waals surface area contributed by atoms with Gasteiger partial charge in [-0.15, -0.1) is 35.3 Å². The predicted molar refractivity (Wildman–Crippen MR) is 111 cm³/mol. The number of nitrogens with one attached hydrogen (secondary N) is 2. The lowest BCUT2D eigenvalue weighted by atomic mass is 10.2. The van der Waals surface area contributed by atoms with Gasteiger partial charge >= 0.3 is 0 Å². The quantitative estimate of drug-likeness (QED) is 0.393. The molecule has 2 N–H and O–H groups in total. The summed E-state index contributed by atoms with van der Waals surface area (Å²) >= 11 is 1.81. The van der Waals surface area contributed by atoms with Crippen LogP contribution < -0.4 is 10.6 Å². The van der Waals surface area contributed by atoms with Crippen molar-refractivity contribution in [3.8, 4) is 0 Å². The Bertz CT molecular complexity index is 443.